The zero-order valence-corrected chi connectivity index (χ0v) is 17.6. The van der Waals surface area contributed by atoms with Crippen molar-refractivity contribution in [1.82, 2.24) is 15.0 Å². The standard InChI is InChI=1S/C20H24N4O7/c1-20(2,3)30-19(26)23-10-4-5-14(11-23)18(25)29-12-16-21-17(22-31-16)13-6-8-15(9-7-13)24(27)28/h6-9,14H,4-5,10-12H2,1-3H3. The average molecular weight is 432 g/mol. The second-order valence-electron chi connectivity index (χ2n) is 8.19. The molecule has 166 valence electrons. The van der Waals surface area contributed by atoms with Crippen LogP contribution < -0.4 is 0 Å². The molecule has 3 rings (SSSR count). The van der Waals surface area contributed by atoms with Gasteiger partial charge in [0, 0.05) is 30.8 Å². The Bertz CT molecular complexity index is 949. The van der Waals surface area contributed by atoms with E-state index in [0.29, 0.717) is 24.9 Å². The molecule has 0 aliphatic carbocycles. The highest BCUT2D eigenvalue weighted by atomic mass is 16.6. The number of piperidine rings is 1. The predicted octanol–water partition coefficient (Wildman–Crippen LogP) is 3.34. The summed E-state index contributed by atoms with van der Waals surface area (Å²) in [6, 6.07) is 5.69. The highest BCUT2D eigenvalue weighted by Crippen LogP contribution is 2.22. The molecule has 1 atom stereocenters. The van der Waals surface area contributed by atoms with Crippen molar-refractivity contribution >= 4 is 17.7 Å². The van der Waals surface area contributed by atoms with E-state index >= 15 is 0 Å². The molecule has 1 saturated heterocycles. The summed E-state index contributed by atoms with van der Waals surface area (Å²) < 4.78 is 15.7. The monoisotopic (exact) mass is 432 g/mol. The minimum atomic E-state index is -0.607. The lowest BCUT2D eigenvalue weighted by molar-refractivity contribution is -0.384. The number of nitro groups is 1. The summed E-state index contributed by atoms with van der Waals surface area (Å²) >= 11 is 0. The number of benzene rings is 1. The maximum atomic E-state index is 12.4. The van der Waals surface area contributed by atoms with Crippen LogP contribution in [0, 0.1) is 16.0 Å². The van der Waals surface area contributed by atoms with Crippen molar-refractivity contribution in [3.05, 3.63) is 40.3 Å². The summed E-state index contributed by atoms with van der Waals surface area (Å²) in [6.45, 7) is 5.91. The number of hydrogen-bond acceptors (Lipinski definition) is 9. The summed E-state index contributed by atoms with van der Waals surface area (Å²) in [5.74, 6) is -0.585. The van der Waals surface area contributed by atoms with E-state index in [4.69, 9.17) is 14.0 Å². The lowest BCUT2D eigenvalue weighted by Gasteiger charge is -2.33. The molecule has 1 unspecified atom stereocenters. The Morgan fingerprint density at radius 1 is 1.29 bits per heavy atom. The fourth-order valence-corrected chi connectivity index (χ4v) is 3.08. The second kappa shape index (κ2) is 9.11. The minimum absolute atomic E-state index is 0.0469. The minimum Gasteiger partial charge on any atom is -0.455 e. The van der Waals surface area contributed by atoms with Crippen LogP contribution in [0.2, 0.25) is 0 Å². The number of aromatic nitrogens is 2. The van der Waals surface area contributed by atoms with Gasteiger partial charge < -0.3 is 18.9 Å². The number of non-ortho nitro benzene ring substituents is 1. The van der Waals surface area contributed by atoms with E-state index in [-0.39, 0.29) is 30.6 Å². The fourth-order valence-electron chi connectivity index (χ4n) is 3.08. The summed E-state index contributed by atoms with van der Waals surface area (Å²) in [6.07, 6.45) is 0.828. The van der Waals surface area contributed by atoms with Gasteiger partial charge in [-0.2, -0.15) is 4.98 Å². The molecule has 11 heteroatoms. The van der Waals surface area contributed by atoms with Gasteiger partial charge in [0.15, 0.2) is 6.61 Å². The van der Waals surface area contributed by atoms with E-state index < -0.39 is 28.5 Å². The van der Waals surface area contributed by atoms with Crippen LogP contribution >= 0.6 is 0 Å². The first-order valence-electron chi connectivity index (χ1n) is 9.84. The van der Waals surface area contributed by atoms with Crippen molar-refractivity contribution in [3.8, 4) is 11.4 Å². The number of carbonyl (C=O) groups excluding carboxylic acids is 2. The normalized spacial score (nSPS) is 16.6. The molecule has 1 aromatic heterocycles. The molecule has 1 aliphatic heterocycles. The summed E-state index contributed by atoms with van der Waals surface area (Å²) in [5, 5.41) is 14.5. The van der Waals surface area contributed by atoms with Gasteiger partial charge in [0.05, 0.1) is 10.8 Å². The summed E-state index contributed by atoms with van der Waals surface area (Å²) in [4.78, 5) is 40.6. The first kappa shape index (κ1) is 22.2. The number of nitro benzene ring substituents is 1. The van der Waals surface area contributed by atoms with Gasteiger partial charge in [0.1, 0.15) is 5.60 Å². The van der Waals surface area contributed by atoms with E-state index in [1.807, 2.05) is 0 Å². The number of esters is 1. The molecule has 2 aromatic rings. The van der Waals surface area contributed by atoms with Crippen LogP contribution in [0.5, 0.6) is 0 Å². The van der Waals surface area contributed by atoms with Crippen molar-refractivity contribution in [1.29, 1.82) is 0 Å². The molecule has 1 aliphatic rings. The molecule has 1 amide bonds. The Labute approximate surface area is 178 Å². The molecule has 2 heterocycles. The highest BCUT2D eigenvalue weighted by Gasteiger charge is 2.32. The number of likely N-dealkylation sites (tertiary alicyclic amines) is 1. The van der Waals surface area contributed by atoms with Crippen molar-refractivity contribution in [2.45, 2.75) is 45.8 Å². The van der Waals surface area contributed by atoms with Gasteiger partial charge in [-0.1, -0.05) is 5.16 Å². The van der Waals surface area contributed by atoms with Crippen LogP contribution in [0.3, 0.4) is 0 Å². The third-order valence-corrected chi connectivity index (χ3v) is 4.55. The second-order valence-corrected chi connectivity index (χ2v) is 8.19. The Morgan fingerprint density at radius 2 is 2.00 bits per heavy atom. The topological polar surface area (TPSA) is 138 Å². The van der Waals surface area contributed by atoms with Crippen LogP contribution in [0.4, 0.5) is 10.5 Å². The third kappa shape index (κ3) is 6.00. The van der Waals surface area contributed by atoms with Gasteiger partial charge in [-0.15, -0.1) is 0 Å². The van der Waals surface area contributed by atoms with Gasteiger partial charge in [0.25, 0.3) is 11.6 Å². The largest absolute Gasteiger partial charge is 0.455 e. The number of hydrogen-bond donors (Lipinski definition) is 0. The average Bonchev–Trinajstić information content (AvgIpc) is 3.20. The molecular weight excluding hydrogens is 408 g/mol. The van der Waals surface area contributed by atoms with E-state index in [1.165, 1.54) is 29.2 Å². The zero-order chi connectivity index (χ0) is 22.6. The summed E-state index contributed by atoms with van der Waals surface area (Å²) in [5.41, 5.74) is -0.120. The molecule has 0 radical (unpaired) electrons. The van der Waals surface area contributed by atoms with Crippen LogP contribution in [-0.2, 0) is 20.9 Å². The predicted molar refractivity (Wildman–Crippen MR) is 107 cm³/mol. The fraction of sp³-hybridized carbons (Fsp3) is 0.500. The molecule has 1 fully saturated rings. The van der Waals surface area contributed by atoms with Gasteiger partial charge in [-0.05, 0) is 45.7 Å². The van der Waals surface area contributed by atoms with Crippen molar-refractivity contribution in [3.63, 3.8) is 0 Å². The van der Waals surface area contributed by atoms with Gasteiger partial charge in [-0.25, -0.2) is 4.79 Å². The Morgan fingerprint density at radius 3 is 2.65 bits per heavy atom. The first-order valence-corrected chi connectivity index (χ1v) is 9.84. The molecule has 0 N–H and O–H groups in total. The molecule has 1 aromatic carbocycles. The quantitative estimate of drug-likeness (QED) is 0.395. The van der Waals surface area contributed by atoms with Gasteiger partial charge >= 0.3 is 12.1 Å². The van der Waals surface area contributed by atoms with Crippen LogP contribution in [0.15, 0.2) is 28.8 Å². The smallest absolute Gasteiger partial charge is 0.410 e. The van der Waals surface area contributed by atoms with Crippen molar-refractivity contribution < 1.29 is 28.5 Å². The molecular formula is C20H24N4O7. The van der Waals surface area contributed by atoms with E-state index in [2.05, 4.69) is 10.1 Å². The molecule has 0 spiro atoms. The lowest BCUT2D eigenvalue weighted by atomic mass is 9.98. The van der Waals surface area contributed by atoms with E-state index in [0.717, 1.165) is 0 Å². The number of rotatable bonds is 5. The third-order valence-electron chi connectivity index (χ3n) is 4.55. The SMILES string of the molecule is CC(C)(C)OC(=O)N1CCCC(C(=O)OCc2nc(-c3ccc([N+](=O)[O-])cc3)no2)C1. The van der Waals surface area contributed by atoms with Gasteiger partial charge in [-0.3, -0.25) is 14.9 Å². The number of amides is 1. The van der Waals surface area contributed by atoms with Crippen molar-refractivity contribution in [2.75, 3.05) is 13.1 Å². The Hall–Kier alpha value is -3.50. The van der Waals surface area contributed by atoms with Crippen LogP contribution in [-0.4, -0.2) is 50.7 Å². The van der Waals surface area contributed by atoms with E-state index in [9.17, 15) is 19.7 Å². The molecule has 11 nitrogen and oxygen atoms in total. The molecule has 0 bridgehead atoms. The van der Waals surface area contributed by atoms with E-state index in [1.54, 1.807) is 20.8 Å². The Balaban J connectivity index is 1.53. The number of carbonyl (C=O) groups is 2. The first-order chi connectivity index (χ1) is 14.6. The van der Waals surface area contributed by atoms with Crippen molar-refractivity contribution in [2.24, 2.45) is 5.92 Å². The van der Waals surface area contributed by atoms with Crippen LogP contribution in [0.1, 0.15) is 39.5 Å². The summed E-state index contributed by atoms with van der Waals surface area (Å²) in [7, 11) is 0. The zero-order valence-electron chi connectivity index (χ0n) is 17.6. The lowest BCUT2D eigenvalue weighted by Crippen LogP contribution is -2.45. The van der Waals surface area contributed by atoms with Crippen LogP contribution in [0.25, 0.3) is 11.4 Å². The maximum Gasteiger partial charge on any atom is 0.410 e. The number of ether oxygens (including phenoxy) is 2. The molecule has 31 heavy (non-hydrogen) atoms. The maximum absolute atomic E-state index is 12.4. The van der Waals surface area contributed by atoms with Gasteiger partial charge in [0.2, 0.25) is 5.82 Å². The Kier molecular flexibility index (Phi) is 6.52. The molecule has 0 saturated carbocycles. The highest BCUT2D eigenvalue weighted by molar-refractivity contribution is 5.75. The number of nitrogens with zero attached hydrogens (tertiary/aromatic N) is 4.